The van der Waals surface area contributed by atoms with E-state index in [1.807, 2.05) is 0 Å². The van der Waals surface area contributed by atoms with Crippen LogP contribution in [-0.4, -0.2) is 43.1 Å². The van der Waals surface area contributed by atoms with Gasteiger partial charge in [0.2, 0.25) is 0 Å². The molecular weight excluding hydrogens is 577 g/mol. The summed E-state index contributed by atoms with van der Waals surface area (Å²) in [6.07, 6.45) is -1.66. The molecule has 0 bridgehead atoms. The number of hydrogen-bond donors (Lipinski definition) is 2. The molecule has 41 heavy (non-hydrogen) atoms. The van der Waals surface area contributed by atoms with Crippen LogP contribution in [0.15, 0.2) is 35.0 Å². The van der Waals surface area contributed by atoms with Crippen molar-refractivity contribution in [1.29, 1.82) is 0 Å². The summed E-state index contributed by atoms with van der Waals surface area (Å²) in [5.41, 5.74) is -0.191. The van der Waals surface area contributed by atoms with Gasteiger partial charge in [-0.25, -0.2) is 18.3 Å². The average molecular weight is 598 g/mol. The normalized spacial score (nSPS) is 17.5. The van der Waals surface area contributed by atoms with E-state index >= 15 is 0 Å². The molecule has 3 heterocycles. The molecule has 0 radical (unpaired) electrons. The van der Waals surface area contributed by atoms with Crippen LogP contribution >= 0.6 is 11.6 Å². The van der Waals surface area contributed by atoms with Gasteiger partial charge in [0.15, 0.2) is 17.3 Å². The highest BCUT2D eigenvalue weighted by molar-refractivity contribution is 6.30. The van der Waals surface area contributed by atoms with Gasteiger partial charge >= 0.3 is 12.1 Å². The number of benzene rings is 1. The molecule has 0 atom stereocenters. The van der Waals surface area contributed by atoms with Crippen molar-refractivity contribution in [3.63, 3.8) is 0 Å². The van der Waals surface area contributed by atoms with Gasteiger partial charge in [0, 0.05) is 25.1 Å². The van der Waals surface area contributed by atoms with Gasteiger partial charge in [-0.15, -0.1) is 0 Å². The van der Waals surface area contributed by atoms with Gasteiger partial charge in [-0.05, 0) is 49.3 Å². The minimum atomic E-state index is -4.71. The standard InChI is InChI=1S/C25H21ClF5N7O3/c26-15-7-13(3-6-16(15)27)10-32-22(39)18-8-19(38-21(35-18)17(28)11-34-38)23(40)33-9-12-1-4-14(5-2-12)20-36-24(41-37-20)25(29,30)31/h3,6-8,11-12,14H,1-2,4-5,9-10H2,(H,32,39)(H,33,40). The maximum atomic E-state index is 14.3. The Kier molecular flexibility index (Phi) is 7.89. The van der Waals surface area contributed by atoms with E-state index in [1.165, 1.54) is 18.2 Å². The highest BCUT2D eigenvalue weighted by Gasteiger charge is 2.39. The maximum Gasteiger partial charge on any atom is 0.471 e. The van der Waals surface area contributed by atoms with E-state index in [9.17, 15) is 31.5 Å². The molecule has 1 aliphatic carbocycles. The molecule has 4 aromatic rings. The first-order chi connectivity index (χ1) is 19.5. The maximum absolute atomic E-state index is 14.3. The smallest absolute Gasteiger partial charge is 0.350 e. The second-order valence-corrected chi connectivity index (χ2v) is 9.98. The Bertz CT molecular complexity index is 1600. The monoisotopic (exact) mass is 597 g/mol. The molecule has 16 heteroatoms. The molecule has 2 N–H and O–H groups in total. The molecule has 0 saturated heterocycles. The number of amides is 2. The van der Waals surface area contributed by atoms with Crippen molar-refractivity contribution in [2.45, 2.75) is 44.3 Å². The molecule has 5 rings (SSSR count). The van der Waals surface area contributed by atoms with Crippen molar-refractivity contribution in [1.82, 2.24) is 35.4 Å². The van der Waals surface area contributed by atoms with E-state index in [4.69, 9.17) is 11.6 Å². The quantitative estimate of drug-likeness (QED) is 0.296. The predicted molar refractivity (Wildman–Crippen MR) is 132 cm³/mol. The molecule has 3 aromatic heterocycles. The lowest BCUT2D eigenvalue weighted by Crippen LogP contribution is -2.33. The molecule has 2 amide bonds. The lowest BCUT2D eigenvalue weighted by Gasteiger charge is -2.26. The first-order valence-corrected chi connectivity index (χ1v) is 12.8. The summed E-state index contributed by atoms with van der Waals surface area (Å²) in [4.78, 5) is 33.3. The van der Waals surface area contributed by atoms with Gasteiger partial charge in [-0.2, -0.15) is 23.3 Å². The van der Waals surface area contributed by atoms with E-state index in [-0.39, 0.29) is 52.8 Å². The first kappa shape index (κ1) is 28.4. The largest absolute Gasteiger partial charge is 0.471 e. The zero-order valence-corrected chi connectivity index (χ0v) is 21.8. The number of nitrogens with one attached hydrogen (secondary N) is 2. The number of carbonyl (C=O) groups excluding carboxylic acids is 2. The highest BCUT2D eigenvalue weighted by atomic mass is 35.5. The molecule has 1 fully saturated rings. The van der Waals surface area contributed by atoms with Crippen LogP contribution in [0.25, 0.3) is 5.65 Å². The summed E-state index contributed by atoms with van der Waals surface area (Å²) in [5.74, 6) is -4.44. The zero-order valence-electron chi connectivity index (χ0n) is 21.0. The SMILES string of the molecule is O=C(NCc1ccc(F)c(Cl)c1)c1cc(C(=O)NCC2CCC(c3noc(C(F)(F)F)n3)CC2)n2ncc(F)c2n1. The van der Waals surface area contributed by atoms with E-state index in [1.54, 1.807) is 0 Å². The Morgan fingerprint density at radius 2 is 1.78 bits per heavy atom. The molecule has 216 valence electrons. The zero-order chi connectivity index (χ0) is 29.3. The summed E-state index contributed by atoms with van der Waals surface area (Å²) < 4.78 is 71.3. The molecule has 0 unspecified atom stereocenters. The summed E-state index contributed by atoms with van der Waals surface area (Å²) in [6, 6.07) is 5.11. The van der Waals surface area contributed by atoms with Crippen LogP contribution in [0.1, 0.15) is 69.9 Å². The fourth-order valence-corrected chi connectivity index (χ4v) is 4.81. The van der Waals surface area contributed by atoms with Crippen LogP contribution in [0.5, 0.6) is 0 Å². The topological polar surface area (TPSA) is 127 Å². The van der Waals surface area contributed by atoms with Gasteiger partial charge in [-0.3, -0.25) is 9.59 Å². The van der Waals surface area contributed by atoms with E-state index in [0.29, 0.717) is 31.2 Å². The van der Waals surface area contributed by atoms with Gasteiger partial charge in [0.25, 0.3) is 11.8 Å². The molecule has 0 aliphatic heterocycles. The van der Waals surface area contributed by atoms with Crippen molar-refractivity contribution in [2.75, 3.05) is 6.54 Å². The van der Waals surface area contributed by atoms with Crippen LogP contribution in [0, 0.1) is 17.6 Å². The Balaban J connectivity index is 1.22. The van der Waals surface area contributed by atoms with Crippen LogP contribution in [0.3, 0.4) is 0 Å². The molecular formula is C25H21ClF5N7O3. The second kappa shape index (κ2) is 11.4. The van der Waals surface area contributed by atoms with Crippen molar-refractivity contribution >= 4 is 29.1 Å². The third-order valence-electron chi connectivity index (χ3n) is 6.78. The van der Waals surface area contributed by atoms with Crippen molar-refractivity contribution < 1.29 is 36.1 Å². The summed E-state index contributed by atoms with van der Waals surface area (Å²) in [5, 5.41) is 12.5. The number of fused-ring (bicyclic) bond motifs is 1. The van der Waals surface area contributed by atoms with Crippen molar-refractivity contribution in [3.05, 3.63) is 75.8 Å². The lowest BCUT2D eigenvalue weighted by atomic mass is 9.81. The van der Waals surface area contributed by atoms with Crippen molar-refractivity contribution in [3.8, 4) is 0 Å². The molecule has 1 aliphatic rings. The van der Waals surface area contributed by atoms with E-state index in [0.717, 1.165) is 16.8 Å². The minimum Gasteiger partial charge on any atom is -0.350 e. The molecule has 10 nitrogen and oxygen atoms in total. The minimum absolute atomic E-state index is 0.00743. The number of rotatable bonds is 7. The fourth-order valence-electron chi connectivity index (χ4n) is 4.60. The van der Waals surface area contributed by atoms with Gasteiger partial charge < -0.3 is 15.2 Å². The third kappa shape index (κ3) is 6.29. The van der Waals surface area contributed by atoms with Gasteiger partial charge in [0.05, 0.1) is 11.2 Å². The molecule has 1 saturated carbocycles. The van der Waals surface area contributed by atoms with Crippen LogP contribution in [0.2, 0.25) is 5.02 Å². The second-order valence-electron chi connectivity index (χ2n) is 9.57. The predicted octanol–water partition coefficient (Wildman–Crippen LogP) is 4.70. The lowest BCUT2D eigenvalue weighted by molar-refractivity contribution is -0.159. The van der Waals surface area contributed by atoms with Gasteiger partial charge in [0.1, 0.15) is 17.2 Å². The Labute approximate surface area is 233 Å². The molecule has 0 spiro atoms. The third-order valence-corrected chi connectivity index (χ3v) is 7.07. The summed E-state index contributed by atoms with van der Waals surface area (Å²) in [6.45, 7) is 0.199. The van der Waals surface area contributed by atoms with Crippen LogP contribution in [0.4, 0.5) is 22.0 Å². The summed E-state index contributed by atoms with van der Waals surface area (Å²) >= 11 is 5.77. The van der Waals surface area contributed by atoms with Crippen LogP contribution in [-0.2, 0) is 12.7 Å². The average Bonchev–Trinajstić information content (AvgIpc) is 3.60. The summed E-state index contributed by atoms with van der Waals surface area (Å²) in [7, 11) is 0. The fraction of sp³-hybridized carbons (Fsp3) is 0.360. The Morgan fingerprint density at radius 3 is 2.46 bits per heavy atom. The van der Waals surface area contributed by atoms with E-state index < -0.39 is 35.5 Å². The first-order valence-electron chi connectivity index (χ1n) is 12.4. The number of alkyl halides is 3. The number of aromatic nitrogens is 5. The van der Waals surface area contributed by atoms with E-state index in [2.05, 4.69) is 35.4 Å². The number of nitrogens with zero attached hydrogens (tertiary/aromatic N) is 5. The van der Waals surface area contributed by atoms with Crippen LogP contribution < -0.4 is 10.6 Å². The van der Waals surface area contributed by atoms with Gasteiger partial charge in [-0.1, -0.05) is 22.8 Å². The van der Waals surface area contributed by atoms with Crippen molar-refractivity contribution in [2.24, 2.45) is 5.92 Å². The molecule has 1 aromatic carbocycles. The Hall–Kier alpha value is -4.14. The number of hydrogen-bond acceptors (Lipinski definition) is 7. The number of halogens is 6. The number of carbonyl (C=O) groups is 2. The Morgan fingerprint density at radius 1 is 1.02 bits per heavy atom. The highest BCUT2D eigenvalue weighted by Crippen LogP contribution is 2.36.